The maximum absolute atomic E-state index is 12.7. The van der Waals surface area contributed by atoms with Crippen LogP contribution in [0.1, 0.15) is 59.9 Å². The number of likely N-dealkylation sites (tertiary alicyclic amines) is 1. The number of aliphatic hydroxyl groups is 1. The molecule has 2 aliphatic rings. The van der Waals surface area contributed by atoms with Crippen LogP contribution in [0.5, 0.6) is 0 Å². The van der Waals surface area contributed by atoms with Crippen LogP contribution in [-0.2, 0) is 7.05 Å². The molecule has 0 aromatic carbocycles. The summed E-state index contributed by atoms with van der Waals surface area (Å²) in [5, 5.41) is 10.7. The van der Waals surface area contributed by atoms with Crippen LogP contribution in [0.25, 0.3) is 0 Å². The molecule has 2 fully saturated rings. The second-order valence-corrected chi connectivity index (χ2v) is 6.83. The summed E-state index contributed by atoms with van der Waals surface area (Å²) < 4.78 is 1.72. The molecule has 0 radical (unpaired) electrons. The van der Waals surface area contributed by atoms with Gasteiger partial charge in [-0.05, 0) is 32.3 Å². The molecule has 1 saturated heterocycles. The number of aryl methyl sites for hydroxylation is 1. The van der Waals surface area contributed by atoms with E-state index in [1.807, 2.05) is 4.90 Å². The molecule has 2 heterocycles. The summed E-state index contributed by atoms with van der Waals surface area (Å²) in [5.74, 6) is 0.115. The zero-order valence-electron chi connectivity index (χ0n) is 13.3. The molecule has 2 unspecified atom stereocenters. The number of nitrogens with zero attached hydrogens (tertiary/aromatic N) is 2. The quantitative estimate of drug-likeness (QED) is 0.850. The number of aromatic nitrogens is 1. The van der Waals surface area contributed by atoms with E-state index >= 15 is 0 Å². The Bertz CT molecular complexity index is 607. The minimum Gasteiger partial charge on any atom is -0.389 e. The largest absolute Gasteiger partial charge is 0.389 e. The van der Waals surface area contributed by atoms with Gasteiger partial charge in [-0.3, -0.25) is 9.59 Å². The van der Waals surface area contributed by atoms with E-state index in [2.05, 4.69) is 0 Å². The molecule has 1 aliphatic heterocycles. The Morgan fingerprint density at radius 2 is 2.09 bits per heavy atom. The van der Waals surface area contributed by atoms with E-state index in [-0.39, 0.29) is 17.6 Å². The fourth-order valence-corrected chi connectivity index (χ4v) is 3.89. The summed E-state index contributed by atoms with van der Waals surface area (Å²) in [6, 6.07) is 1.67. The van der Waals surface area contributed by atoms with Crippen molar-refractivity contribution in [2.75, 3.05) is 13.1 Å². The van der Waals surface area contributed by atoms with Gasteiger partial charge in [-0.1, -0.05) is 12.8 Å². The zero-order valence-corrected chi connectivity index (χ0v) is 13.3. The molecule has 22 heavy (non-hydrogen) atoms. The Morgan fingerprint density at radius 3 is 2.77 bits per heavy atom. The molecule has 5 heteroatoms. The number of carbonyl (C=O) groups is 2. The van der Waals surface area contributed by atoms with Gasteiger partial charge in [0.2, 0.25) is 0 Å². The van der Waals surface area contributed by atoms with Gasteiger partial charge < -0.3 is 14.6 Å². The molecule has 1 amide bonds. The first-order chi connectivity index (χ1) is 10.4. The second-order valence-electron chi connectivity index (χ2n) is 6.83. The molecule has 1 aliphatic carbocycles. The highest BCUT2D eigenvalue weighted by atomic mass is 16.3. The molecule has 0 bridgehead atoms. The van der Waals surface area contributed by atoms with Crippen molar-refractivity contribution >= 4 is 11.7 Å². The number of fused-ring (bicyclic) bond motifs is 1. The zero-order chi connectivity index (χ0) is 15.9. The normalized spacial score (nSPS) is 28.3. The third-order valence-electron chi connectivity index (χ3n) is 5.35. The van der Waals surface area contributed by atoms with E-state index in [0.29, 0.717) is 30.8 Å². The summed E-state index contributed by atoms with van der Waals surface area (Å²) in [5.41, 5.74) is 0.539. The third kappa shape index (κ3) is 2.58. The summed E-state index contributed by atoms with van der Waals surface area (Å²) in [6.07, 6.45) is 6.43. The number of amides is 1. The van der Waals surface area contributed by atoms with Crippen molar-refractivity contribution in [2.24, 2.45) is 13.0 Å². The van der Waals surface area contributed by atoms with E-state index in [1.54, 1.807) is 23.9 Å². The first-order valence-corrected chi connectivity index (χ1v) is 8.10. The van der Waals surface area contributed by atoms with Crippen LogP contribution in [-0.4, -0.2) is 45.0 Å². The third-order valence-corrected chi connectivity index (χ3v) is 5.35. The molecular weight excluding hydrogens is 280 g/mol. The van der Waals surface area contributed by atoms with Gasteiger partial charge in [-0.15, -0.1) is 0 Å². The molecule has 120 valence electrons. The lowest BCUT2D eigenvalue weighted by Crippen LogP contribution is -2.54. The summed E-state index contributed by atoms with van der Waals surface area (Å²) >= 11 is 0. The van der Waals surface area contributed by atoms with Gasteiger partial charge in [0, 0.05) is 37.8 Å². The van der Waals surface area contributed by atoms with Crippen LogP contribution in [0.4, 0.5) is 0 Å². The summed E-state index contributed by atoms with van der Waals surface area (Å²) in [6.45, 7) is 2.72. The van der Waals surface area contributed by atoms with Crippen LogP contribution in [0.15, 0.2) is 12.3 Å². The maximum Gasteiger partial charge on any atom is 0.270 e. The SMILES string of the molecule is CC(=O)c1cc(C(=O)N2CCC3(O)CCCCC3C2)n(C)c1. The lowest BCUT2D eigenvalue weighted by molar-refractivity contribution is -0.0887. The highest BCUT2D eigenvalue weighted by Gasteiger charge is 2.44. The van der Waals surface area contributed by atoms with E-state index in [0.717, 1.165) is 25.7 Å². The van der Waals surface area contributed by atoms with E-state index in [9.17, 15) is 14.7 Å². The Kier molecular flexibility index (Phi) is 3.85. The lowest BCUT2D eigenvalue weighted by atomic mass is 9.71. The van der Waals surface area contributed by atoms with Crippen LogP contribution in [0.3, 0.4) is 0 Å². The van der Waals surface area contributed by atoms with Crippen molar-refractivity contribution in [3.05, 3.63) is 23.5 Å². The van der Waals surface area contributed by atoms with Gasteiger partial charge in [-0.25, -0.2) is 0 Å². The monoisotopic (exact) mass is 304 g/mol. The summed E-state index contributed by atoms with van der Waals surface area (Å²) in [4.78, 5) is 26.1. The van der Waals surface area contributed by atoms with Crippen LogP contribution in [0.2, 0.25) is 0 Å². The average molecular weight is 304 g/mol. The first kappa shape index (κ1) is 15.3. The van der Waals surface area contributed by atoms with Crippen LogP contribution >= 0.6 is 0 Å². The minimum absolute atomic E-state index is 0.0325. The second kappa shape index (κ2) is 5.54. The summed E-state index contributed by atoms with van der Waals surface area (Å²) in [7, 11) is 1.79. The number of piperidine rings is 1. The average Bonchev–Trinajstić information content (AvgIpc) is 2.88. The lowest BCUT2D eigenvalue weighted by Gasteiger charge is -2.47. The van der Waals surface area contributed by atoms with Crippen LogP contribution in [0, 0.1) is 5.92 Å². The molecule has 3 rings (SSSR count). The van der Waals surface area contributed by atoms with Gasteiger partial charge in [0.25, 0.3) is 5.91 Å². The molecular formula is C17H24N2O3. The number of hydrogen-bond acceptors (Lipinski definition) is 3. The number of rotatable bonds is 2. The molecule has 5 nitrogen and oxygen atoms in total. The molecule has 1 aromatic heterocycles. The predicted molar refractivity (Wildman–Crippen MR) is 82.8 cm³/mol. The predicted octanol–water partition coefficient (Wildman–Crippen LogP) is 1.99. The van der Waals surface area contributed by atoms with Crippen molar-refractivity contribution in [2.45, 2.75) is 44.6 Å². The number of Topliss-reactive ketones (excluding diaryl/α,β-unsaturated/α-hetero) is 1. The minimum atomic E-state index is -0.576. The van der Waals surface area contributed by atoms with Crippen LogP contribution < -0.4 is 0 Å². The molecule has 1 N–H and O–H groups in total. The number of hydrogen-bond donors (Lipinski definition) is 1. The van der Waals surface area contributed by atoms with Crippen molar-refractivity contribution in [3.8, 4) is 0 Å². The maximum atomic E-state index is 12.7. The van der Waals surface area contributed by atoms with Gasteiger partial charge in [-0.2, -0.15) is 0 Å². The van der Waals surface area contributed by atoms with E-state index in [1.165, 1.54) is 6.92 Å². The first-order valence-electron chi connectivity index (χ1n) is 8.10. The molecule has 1 saturated carbocycles. The van der Waals surface area contributed by atoms with Gasteiger partial charge in [0.05, 0.1) is 5.60 Å². The smallest absolute Gasteiger partial charge is 0.270 e. The Hall–Kier alpha value is -1.62. The fraction of sp³-hybridized carbons (Fsp3) is 0.647. The van der Waals surface area contributed by atoms with E-state index in [4.69, 9.17) is 0 Å². The molecule has 1 aromatic rings. The van der Waals surface area contributed by atoms with Crippen molar-refractivity contribution < 1.29 is 14.7 Å². The Labute approximate surface area is 130 Å². The van der Waals surface area contributed by atoms with Crippen molar-refractivity contribution in [1.82, 2.24) is 9.47 Å². The standard InChI is InChI=1S/C17H24N2O3/c1-12(20)13-9-15(18(2)10-13)16(21)19-8-7-17(22)6-4-3-5-14(17)11-19/h9-10,14,22H,3-8,11H2,1-2H3. The Morgan fingerprint density at radius 1 is 1.32 bits per heavy atom. The van der Waals surface area contributed by atoms with Gasteiger partial charge in [0.1, 0.15) is 5.69 Å². The topological polar surface area (TPSA) is 62.5 Å². The molecule has 2 atom stereocenters. The number of ketones is 1. The van der Waals surface area contributed by atoms with Crippen molar-refractivity contribution in [3.63, 3.8) is 0 Å². The van der Waals surface area contributed by atoms with E-state index < -0.39 is 5.60 Å². The van der Waals surface area contributed by atoms with Crippen molar-refractivity contribution in [1.29, 1.82) is 0 Å². The fourth-order valence-electron chi connectivity index (χ4n) is 3.89. The van der Waals surface area contributed by atoms with Gasteiger partial charge in [0.15, 0.2) is 5.78 Å². The Balaban J connectivity index is 1.77. The molecule has 0 spiro atoms. The number of carbonyl (C=O) groups excluding carboxylic acids is 2. The van der Waals surface area contributed by atoms with Gasteiger partial charge >= 0.3 is 0 Å². The highest BCUT2D eigenvalue weighted by Crippen LogP contribution is 2.40. The highest BCUT2D eigenvalue weighted by molar-refractivity contribution is 5.99.